The predicted molar refractivity (Wildman–Crippen MR) is 227 cm³/mol. The number of benzene rings is 2. The van der Waals surface area contributed by atoms with Crippen molar-refractivity contribution in [3.05, 3.63) is 59.7 Å². The van der Waals surface area contributed by atoms with Gasteiger partial charge in [-0.05, 0) is 17.7 Å². The molecule has 31 nitrogen and oxygen atoms in total. The normalized spacial score (nSPS) is 13.8. The molecule has 27 N–H and O–H groups in total. The Kier molecular flexibility index (Phi) is 19.4. The molecule has 64 heavy (non-hydrogen) atoms. The number of aliphatic hydroxyl groups excluding tert-OH is 1. The zero-order valence-electron chi connectivity index (χ0n) is 33.9. The summed E-state index contributed by atoms with van der Waals surface area (Å²) < 4.78 is 10.4. The monoisotopic (exact) mass is 899 g/mol. The van der Waals surface area contributed by atoms with E-state index in [-0.39, 0.29) is 5.56 Å². The smallest absolute Gasteiger partial charge is 0.272 e. The van der Waals surface area contributed by atoms with Crippen molar-refractivity contribution >= 4 is 71.4 Å². The van der Waals surface area contributed by atoms with Crippen LogP contribution >= 0.6 is 0 Å². The van der Waals surface area contributed by atoms with Crippen molar-refractivity contribution in [3.63, 3.8) is 0 Å². The second kappa shape index (κ2) is 24.3. The van der Waals surface area contributed by atoms with E-state index < -0.39 is 108 Å². The van der Waals surface area contributed by atoms with E-state index in [9.17, 15) is 38.7 Å². The second-order valence-electron chi connectivity index (χ2n) is 12.4. The van der Waals surface area contributed by atoms with Gasteiger partial charge < -0.3 is 104 Å². The number of ether oxygens (including phenoxy) is 2. The number of rotatable bonds is 22. The molecule has 31 heteroatoms. The van der Waals surface area contributed by atoms with Crippen molar-refractivity contribution in [1.82, 2.24) is 31.9 Å². The Balaban J connectivity index is 2.41. The van der Waals surface area contributed by atoms with Crippen LogP contribution < -0.4 is 98.7 Å². The lowest BCUT2D eigenvalue weighted by Gasteiger charge is -2.24. The Morgan fingerprint density at radius 2 is 0.984 bits per heavy atom. The van der Waals surface area contributed by atoms with Crippen molar-refractivity contribution in [2.24, 2.45) is 82.3 Å². The quantitative estimate of drug-likeness (QED) is 0.0296. The van der Waals surface area contributed by atoms with Crippen LogP contribution in [0.5, 0.6) is 11.5 Å². The lowest BCUT2D eigenvalue weighted by Crippen LogP contribution is -2.60. The Labute approximate surface area is 361 Å². The number of carbonyl (C=O) groups is 7. The molecule has 0 aliphatic heterocycles. The largest absolute Gasteiger partial charge is 0.497 e. The number of nitrogens with two attached hydrogens (primary N) is 10. The lowest BCUT2D eigenvalue weighted by atomic mass is 10.1. The minimum absolute atomic E-state index is 0.127. The van der Waals surface area contributed by atoms with Crippen LogP contribution in [0.15, 0.2) is 73.5 Å². The molecule has 2 aromatic rings. The summed E-state index contributed by atoms with van der Waals surface area (Å²) in [5.41, 5.74) is 54.5. The van der Waals surface area contributed by atoms with E-state index in [2.05, 4.69) is 35.6 Å². The topological polar surface area (TPSA) is 552 Å². The summed E-state index contributed by atoms with van der Waals surface area (Å²) in [6, 6.07) is 10.4. The Morgan fingerprint density at radius 1 is 0.562 bits per heavy atom. The van der Waals surface area contributed by atoms with Crippen LogP contribution in [0, 0.1) is 0 Å². The van der Waals surface area contributed by atoms with Gasteiger partial charge in [-0.3, -0.25) is 38.6 Å². The highest BCUT2D eigenvalue weighted by Crippen LogP contribution is 2.23. The van der Waals surface area contributed by atoms with Gasteiger partial charge >= 0.3 is 0 Å². The van der Waals surface area contributed by atoms with E-state index in [1.165, 1.54) is 44.6 Å². The molecule has 0 aromatic heterocycles. The first kappa shape index (κ1) is 51.1. The average Bonchev–Trinajstić information content (AvgIpc) is 3.22. The highest BCUT2D eigenvalue weighted by atomic mass is 16.5. The minimum Gasteiger partial charge on any atom is -0.497 e. The van der Waals surface area contributed by atoms with Crippen LogP contribution in [0.2, 0.25) is 0 Å². The number of hydrogen-bond donors (Lipinski definition) is 17. The lowest BCUT2D eigenvalue weighted by molar-refractivity contribution is -0.136. The van der Waals surface area contributed by atoms with Crippen LogP contribution in [0.1, 0.15) is 17.2 Å². The summed E-state index contributed by atoms with van der Waals surface area (Å²) in [5, 5.41) is 23.1. The highest BCUT2D eigenvalue weighted by molar-refractivity contribution is 5.99. The van der Waals surface area contributed by atoms with Crippen LogP contribution in [0.25, 0.3) is 0 Å². The summed E-state index contributed by atoms with van der Waals surface area (Å²) in [7, 11) is 2.82. The second-order valence-corrected chi connectivity index (χ2v) is 12.4. The zero-order valence-corrected chi connectivity index (χ0v) is 33.9. The van der Waals surface area contributed by atoms with Gasteiger partial charge in [0, 0.05) is 17.8 Å². The van der Waals surface area contributed by atoms with E-state index in [4.69, 9.17) is 66.8 Å². The maximum atomic E-state index is 13.8. The number of nitrogens with zero attached hydrogens (tertiary/aromatic N) is 5. The third-order valence-electron chi connectivity index (χ3n) is 7.54. The number of primary amides is 1. The SMILES string of the molecule is COc1ccc(C=NC(O)C(=O)NC(C(=O)NC(N=C(N)N)C(=O)NC(N=C(N)N)C(=O)NC(N=C(N)N)C(=O)NC(N=C(N)N)C(=O)NC(N)C(N)=O)c2ccccc2)c(OC)c1. The van der Waals surface area contributed by atoms with Crippen LogP contribution in [-0.4, -0.2) is 128 Å². The third kappa shape index (κ3) is 16.6. The molecule has 0 heterocycles. The highest BCUT2D eigenvalue weighted by Gasteiger charge is 2.34. The summed E-state index contributed by atoms with van der Waals surface area (Å²) >= 11 is 0. The molecular formula is C33H49N21O10. The Hall–Kier alpha value is -9.00. The molecule has 0 fully saturated rings. The predicted octanol–water partition coefficient (Wildman–Crippen LogP) is -9.95. The van der Waals surface area contributed by atoms with E-state index in [0.717, 1.165) is 6.21 Å². The van der Waals surface area contributed by atoms with Gasteiger partial charge in [-0.2, -0.15) is 0 Å². The maximum Gasteiger partial charge on any atom is 0.272 e. The zero-order chi connectivity index (χ0) is 48.3. The van der Waals surface area contributed by atoms with Crippen LogP contribution in [0.4, 0.5) is 0 Å². The molecule has 0 spiro atoms. The molecule has 0 radical (unpaired) electrons. The maximum absolute atomic E-state index is 13.8. The van der Waals surface area contributed by atoms with E-state index >= 15 is 0 Å². The van der Waals surface area contributed by atoms with Gasteiger partial charge in [-0.15, -0.1) is 0 Å². The molecule has 0 aliphatic rings. The number of carbonyl (C=O) groups excluding carboxylic acids is 7. The molecule has 0 saturated carbocycles. The van der Waals surface area contributed by atoms with Gasteiger partial charge in [0.05, 0.1) is 14.2 Å². The van der Waals surface area contributed by atoms with E-state index in [1.807, 2.05) is 21.3 Å². The molecule has 0 bridgehead atoms. The molecular weight excluding hydrogens is 850 g/mol. The van der Waals surface area contributed by atoms with Crippen molar-refractivity contribution in [1.29, 1.82) is 0 Å². The number of hydrogen-bond acceptors (Lipinski definition) is 16. The molecule has 7 unspecified atom stereocenters. The van der Waals surface area contributed by atoms with Gasteiger partial charge in [0.1, 0.15) is 17.5 Å². The van der Waals surface area contributed by atoms with Gasteiger partial charge in [-0.1, -0.05) is 30.3 Å². The van der Waals surface area contributed by atoms with Gasteiger partial charge in [0.25, 0.3) is 35.4 Å². The summed E-state index contributed by atoms with van der Waals surface area (Å²) in [4.78, 5) is 110. The first-order chi connectivity index (χ1) is 30.1. The summed E-state index contributed by atoms with van der Waals surface area (Å²) in [5.74, 6) is -11.4. The number of aliphatic imine (C=N–C) groups is 5. The van der Waals surface area contributed by atoms with Crippen LogP contribution in [-0.2, 0) is 33.6 Å². The number of nitrogens with one attached hydrogen (secondary N) is 6. The van der Waals surface area contributed by atoms with Crippen molar-refractivity contribution in [3.8, 4) is 11.5 Å². The van der Waals surface area contributed by atoms with Crippen molar-refractivity contribution < 1.29 is 48.1 Å². The fraction of sp³-hybridized carbons (Fsp3) is 0.273. The number of guanidine groups is 4. The Bertz CT molecular complexity index is 2170. The molecule has 346 valence electrons. The fourth-order valence-electron chi connectivity index (χ4n) is 4.69. The molecule has 2 rings (SSSR count). The summed E-state index contributed by atoms with van der Waals surface area (Å²) in [6.07, 6.45) is -11.2. The van der Waals surface area contributed by atoms with Gasteiger partial charge in [0.15, 0.2) is 30.0 Å². The first-order valence-corrected chi connectivity index (χ1v) is 17.8. The van der Waals surface area contributed by atoms with Crippen LogP contribution in [0.3, 0.4) is 0 Å². The standard InChI is InChI=1S/C33H49N21O10/c1-63-14-9-8-13(15(10-14)64-2)11-44-28(61)29(62)45-16(12-6-4-3-5-7-12)23(56)47-20(52-31(38)39)25(58)49-22(54-33(42)43)27(60)50-21(53-32(40)41)26(59)48-19(51-30(36)37)24(57)46-17(34)18(35)55/h3-11,16-17,19-22,28,61H,34H2,1-2H3,(H2,35,55)(H,45,62)(H,46,57)(H,47,56)(H,48,59)(H,49,58)(H,50,60)(H4,36,37,51)(H4,38,39,52)(H4,40,41,53)(H4,42,43,54). The summed E-state index contributed by atoms with van der Waals surface area (Å²) in [6.45, 7) is 0. The molecule has 0 saturated heterocycles. The number of methoxy groups -OCH3 is 2. The minimum atomic E-state index is -2.19. The molecule has 7 atom stereocenters. The van der Waals surface area contributed by atoms with Crippen molar-refractivity contribution in [2.75, 3.05) is 14.2 Å². The van der Waals surface area contributed by atoms with E-state index in [1.54, 1.807) is 18.2 Å². The third-order valence-corrected chi connectivity index (χ3v) is 7.54. The van der Waals surface area contributed by atoms with E-state index in [0.29, 0.717) is 17.1 Å². The molecule has 7 amide bonds. The number of amides is 7. The molecule has 2 aromatic carbocycles. The average molecular weight is 900 g/mol. The van der Waals surface area contributed by atoms with Crippen molar-refractivity contribution in [2.45, 2.75) is 43.1 Å². The van der Waals surface area contributed by atoms with Gasteiger partial charge in [-0.25, -0.2) is 20.0 Å². The molecule has 0 aliphatic carbocycles. The number of aliphatic hydroxyl groups is 1. The fourth-order valence-corrected chi connectivity index (χ4v) is 4.69. The first-order valence-electron chi connectivity index (χ1n) is 17.8. The van der Waals surface area contributed by atoms with Gasteiger partial charge in [0.2, 0.25) is 36.8 Å². The Morgan fingerprint density at radius 3 is 1.38 bits per heavy atom.